The van der Waals surface area contributed by atoms with Gasteiger partial charge in [-0.15, -0.1) is 0 Å². The molecule has 2 heterocycles. The summed E-state index contributed by atoms with van der Waals surface area (Å²) in [6.45, 7) is 6.01. The van der Waals surface area contributed by atoms with Crippen LogP contribution in [0.5, 0.6) is 23.0 Å². The van der Waals surface area contributed by atoms with Gasteiger partial charge in [0, 0.05) is 19.2 Å². The molecule has 32 heavy (non-hydrogen) atoms. The SMILES string of the molecule is CCOc1ccccc1Oc1coc2cc(OCC(=O)N3CCC[C@H](C)C3)ccc2c1=O. The molecule has 0 bridgehead atoms. The number of likely N-dealkylation sites (tertiary alicyclic amines) is 1. The molecule has 1 aliphatic heterocycles. The van der Waals surface area contributed by atoms with Crippen LogP contribution >= 0.6 is 0 Å². The summed E-state index contributed by atoms with van der Waals surface area (Å²) in [6.07, 6.45) is 3.45. The van der Waals surface area contributed by atoms with Gasteiger partial charge in [-0.05, 0) is 49.9 Å². The van der Waals surface area contributed by atoms with E-state index in [2.05, 4.69) is 6.92 Å². The number of fused-ring (bicyclic) bond motifs is 1. The van der Waals surface area contributed by atoms with Gasteiger partial charge in [-0.2, -0.15) is 0 Å². The normalized spacial score (nSPS) is 16.1. The van der Waals surface area contributed by atoms with Crippen LogP contribution in [0.4, 0.5) is 0 Å². The molecule has 1 fully saturated rings. The smallest absolute Gasteiger partial charge is 0.260 e. The summed E-state index contributed by atoms with van der Waals surface area (Å²) in [7, 11) is 0. The van der Waals surface area contributed by atoms with Gasteiger partial charge in [0.1, 0.15) is 17.6 Å². The van der Waals surface area contributed by atoms with Gasteiger partial charge in [-0.1, -0.05) is 19.1 Å². The maximum absolute atomic E-state index is 12.9. The Balaban J connectivity index is 1.48. The quantitative estimate of drug-likeness (QED) is 0.537. The second-order valence-corrected chi connectivity index (χ2v) is 7.94. The molecule has 1 saturated heterocycles. The molecule has 0 aliphatic carbocycles. The van der Waals surface area contributed by atoms with Crippen LogP contribution in [0.3, 0.4) is 0 Å². The van der Waals surface area contributed by atoms with Crippen LogP contribution in [0.25, 0.3) is 11.0 Å². The fourth-order valence-corrected chi connectivity index (χ4v) is 3.83. The Labute approximate surface area is 186 Å². The van der Waals surface area contributed by atoms with Crippen molar-refractivity contribution in [2.45, 2.75) is 26.7 Å². The summed E-state index contributed by atoms with van der Waals surface area (Å²) < 4.78 is 22.6. The minimum atomic E-state index is -0.303. The van der Waals surface area contributed by atoms with Crippen molar-refractivity contribution < 1.29 is 23.4 Å². The molecule has 168 valence electrons. The highest BCUT2D eigenvalue weighted by Crippen LogP contribution is 2.31. The zero-order valence-electron chi connectivity index (χ0n) is 18.3. The minimum absolute atomic E-state index is 0.0326. The lowest BCUT2D eigenvalue weighted by Gasteiger charge is -2.30. The summed E-state index contributed by atoms with van der Waals surface area (Å²) in [5.74, 6) is 1.99. The number of hydrogen-bond donors (Lipinski definition) is 0. The van der Waals surface area contributed by atoms with Gasteiger partial charge in [0.15, 0.2) is 18.1 Å². The lowest BCUT2D eigenvalue weighted by Crippen LogP contribution is -2.41. The fraction of sp³-hybridized carbons (Fsp3) is 0.360. The molecule has 0 N–H and O–H groups in total. The monoisotopic (exact) mass is 437 g/mol. The molecule has 7 nitrogen and oxygen atoms in total. The first-order chi connectivity index (χ1) is 15.5. The van der Waals surface area contributed by atoms with Crippen molar-refractivity contribution >= 4 is 16.9 Å². The number of para-hydroxylation sites is 2. The zero-order chi connectivity index (χ0) is 22.5. The Bertz CT molecular complexity index is 1150. The number of carbonyl (C=O) groups excluding carboxylic acids is 1. The largest absolute Gasteiger partial charge is 0.490 e. The maximum atomic E-state index is 12.9. The van der Waals surface area contributed by atoms with Gasteiger partial charge in [0.05, 0.1) is 12.0 Å². The standard InChI is InChI=1S/C25H27NO6/c1-3-29-20-8-4-5-9-21(20)32-23-15-31-22-13-18(10-11-19(22)25(23)28)30-16-24(27)26-12-6-7-17(2)14-26/h4-5,8-11,13,15,17H,3,6-7,12,14,16H2,1-2H3/t17-/m0/s1. The highest BCUT2D eigenvalue weighted by Gasteiger charge is 2.21. The number of hydrogen-bond acceptors (Lipinski definition) is 6. The van der Waals surface area contributed by atoms with Crippen LogP contribution < -0.4 is 19.6 Å². The van der Waals surface area contributed by atoms with Gasteiger partial charge in [0.25, 0.3) is 5.91 Å². The van der Waals surface area contributed by atoms with Crippen LogP contribution in [-0.4, -0.2) is 37.1 Å². The van der Waals surface area contributed by atoms with Gasteiger partial charge < -0.3 is 23.5 Å². The number of ether oxygens (including phenoxy) is 3. The van der Waals surface area contributed by atoms with E-state index in [-0.39, 0.29) is 23.7 Å². The summed E-state index contributed by atoms with van der Waals surface area (Å²) in [5.41, 5.74) is 0.0551. The lowest BCUT2D eigenvalue weighted by molar-refractivity contribution is -0.135. The van der Waals surface area contributed by atoms with E-state index >= 15 is 0 Å². The molecule has 1 amide bonds. The molecule has 1 atom stereocenters. The second kappa shape index (κ2) is 9.77. The van der Waals surface area contributed by atoms with Crippen molar-refractivity contribution in [3.8, 4) is 23.0 Å². The van der Waals surface area contributed by atoms with E-state index in [1.807, 2.05) is 17.9 Å². The molecular weight excluding hydrogens is 410 g/mol. The number of rotatable bonds is 7. The topological polar surface area (TPSA) is 78.2 Å². The van der Waals surface area contributed by atoms with E-state index in [1.165, 1.54) is 6.26 Å². The Kier molecular flexibility index (Phi) is 6.63. The number of carbonyl (C=O) groups is 1. The van der Waals surface area contributed by atoms with Crippen LogP contribution in [0.15, 0.2) is 57.9 Å². The molecule has 1 aromatic heterocycles. The molecule has 0 radical (unpaired) electrons. The first-order valence-electron chi connectivity index (χ1n) is 10.9. The van der Waals surface area contributed by atoms with Crippen molar-refractivity contribution in [1.29, 1.82) is 0 Å². The van der Waals surface area contributed by atoms with E-state index < -0.39 is 0 Å². The van der Waals surface area contributed by atoms with Crippen molar-refractivity contribution in [1.82, 2.24) is 4.90 Å². The third kappa shape index (κ3) is 4.88. The van der Waals surface area contributed by atoms with Crippen LogP contribution in [0.2, 0.25) is 0 Å². The molecule has 0 saturated carbocycles. The summed E-state index contributed by atoms with van der Waals surface area (Å²) in [5, 5.41) is 0.361. The minimum Gasteiger partial charge on any atom is -0.490 e. The van der Waals surface area contributed by atoms with Crippen LogP contribution in [-0.2, 0) is 4.79 Å². The average molecular weight is 437 g/mol. The van der Waals surface area contributed by atoms with Crippen LogP contribution in [0, 0.1) is 5.92 Å². The van der Waals surface area contributed by atoms with E-state index in [1.54, 1.807) is 36.4 Å². The number of piperidine rings is 1. The molecule has 0 spiro atoms. The third-order valence-electron chi connectivity index (χ3n) is 5.46. The summed E-state index contributed by atoms with van der Waals surface area (Å²) >= 11 is 0. The first-order valence-corrected chi connectivity index (χ1v) is 10.9. The number of benzene rings is 2. The molecule has 3 aromatic rings. The van der Waals surface area contributed by atoms with E-state index in [9.17, 15) is 9.59 Å². The second-order valence-electron chi connectivity index (χ2n) is 7.94. The predicted molar refractivity (Wildman–Crippen MR) is 121 cm³/mol. The van der Waals surface area contributed by atoms with Crippen molar-refractivity contribution in [3.63, 3.8) is 0 Å². The van der Waals surface area contributed by atoms with Gasteiger partial charge >= 0.3 is 0 Å². The van der Waals surface area contributed by atoms with E-state index in [0.29, 0.717) is 40.7 Å². The van der Waals surface area contributed by atoms with Crippen molar-refractivity contribution in [2.24, 2.45) is 5.92 Å². The van der Waals surface area contributed by atoms with Crippen molar-refractivity contribution in [2.75, 3.05) is 26.3 Å². The molecular formula is C25H27NO6. The van der Waals surface area contributed by atoms with Crippen LogP contribution in [0.1, 0.15) is 26.7 Å². The summed E-state index contributed by atoms with van der Waals surface area (Å²) in [4.78, 5) is 27.2. The first kappa shape index (κ1) is 21.7. The fourth-order valence-electron chi connectivity index (χ4n) is 3.83. The number of amides is 1. The lowest BCUT2D eigenvalue weighted by atomic mass is 10.0. The van der Waals surface area contributed by atoms with E-state index in [0.717, 1.165) is 25.9 Å². The summed E-state index contributed by atoms with van der Waals surface area (Å²) in [6, 6.07) is 12.0. The molecule has 0 unspecified atom stereocenters. The Morgan fingerprint density at radius 3 is 2.72 bits per heavy atom. The van der Waals surface area contributed by atoms with Gasteiger partial charge in [-0.3, -0.25) is 9.59 Å². The average Bonchev–Trinajstić information content (AvgIpc) is 2.80. The third-order valence-corrected chi connectivity index (χ3v) is 5.46. The molecule has 2 aromatic carbocycles. The molecule has 1 aliphatic rings. The molecule has 7 heteroatoms. The molecule has 4 rings (SSSR count). The van der Waals surface area contributed by atoms with E-state index in [4.69, 9.17) is 18.6 Å². The highest BCUT2D eigenvalue weighted by atomic mass is 16.5. The maximum Gasteiger partial charge on any atom is 0.260 e. The van der Waals surface area contributed by atoms with Gasteiger partial charge in [-0.25, -0.2) is 0 Å². The highest BCUT2D eigenvalue weighted by molar-refractivity contribution is 5.80. The Morgan fingerprint density at radius 2 is 1.94 bits per heavy atom. The van der Waals surface area contributed by atoms with Gasteiger partial charge in [0.2, 0.25) is 11.2 Å². The predicted octanol–water partition coefficient (Wildman–Crippen LogP) is 4.62. The van der Waals surface area contributed by atoms with Crippen molar-refractivity contribution in [3.05, 3.63) is 59.0 Å². The Hall–Kier alpha value is -3.48. The Morgan fingerprint density at radius 1 is 1.12 bits per heavy atom. The zero-order valence-corrected chi connectivity index (χ0v) is 18.3. The number of nitrogens with zero attached hydrogens (tertiary/aromatic N) is 1.